The summed E-state index contributed by atoms with van der Waals surface area (Å²) in [4.78, 5) is 17.1. The molecule has 128 valence electrons. The first kappa shape index (κ1) is 16.8. The molecule has 0 N–H and O–H groups in total. The van der Waals surface area contributed by atoms with Crippen molar-refractivity contribution in [2.75, 3.05) is 0 Å². The third kappa shape index (κ3) is 3.09. The Morgan fingerprint density at radius 2 is 1.73 bits per heavy atom. The van der Waals surface area contributed by atoms with Crippen LogP contribution in [0.5, 0.6) is 0 Å². The molecule has 0 spiro atoms. The minimum Gasteiger partial charge on any atom is -0.550 e. The van der Waals surface area contributed by atoms with Crippen molar-refractivity contribution in [3.8, 4) is 21.7 Å². The van der Waals surface area contributed by atoms with Crippen LogP contribution in [0.4, 0.5) is 0 Å². The molecule has 3 nitrogen and oxygen atoms in total. The fourth-order valence-corrected chi connectivity index (χ4v) is 4.21. The maximum absolute atomic E-state index is 11.5. The van der Waals surface area contributed by atoms with E-state index in [1.165, 1.54) is 11.3 Å². The van der Waals surface area contributed by atoms with Crippen molar-refractivity contribution < 1.29 is 9.90 Å². The Balaban J connectivity index is 2.12. The lowest BCUT2D eigenvalue weighted by Crippen LogP contribution is -2.25. The second-order valence-electron chi connectivity index (χ2n) is 5.85. The number of carboxylic acids is 1. The van der Waals surface area contributed by atoms with Crippen molar-refractivity contribution in [3.63, 3.8) is 0 Å². The van der Waals surface area contributed by atoms with Crippen LogP contribution in [-0.2, 0) is 11.2 Å². The molecule has 0 aliphatic heterocycles. The van der Waals surface area contributed by atoms with Crippen molar-refractivity contribution in [3.05, 3.63) is 76.6 Å². The van der Waals surface area contributed by atoms with Gasteiger partial charge in [0.2, 0.25) is 0 Å². The fourth-order valence-electron chi connectivity index (χ4n) is 3.15. The van der Waals surface area contributed by atoms with E-state index in [4.69, 9.17) is 16.6 Å². The van der Waals surface area contributed by atoms with Crippen LogP contribution in [-0.4, -0.2) is 11.0 Å². The van der Waals surface area contributed by atoms with Gasteiger partial charge in [0, 0.05) is 17.8 Å². The molecule has 0 saturated carbocycles. The Morgan fingerprint density at radius 1 is 1.00 bits per heavy atom. The number of carboxylic acid groups (broad SMARTS) is 1. The molecule has 0 saturated heterocycles. The number of aromatic nitrogens is 1. The van der Waals surface area contributed by atoms with Crippen LogP contribution in [0.25, 0.3) is 32.6 Å². The van der Waals surface area contributed by atoms with Crippen molar-refractivity contribution in [1.29, 1.82) is 0 Å². The highest BCUT2D eigenvalue weighted by Gasteiger charge is 2.19. The van der Waals surface area contributed by atoms with Crippen molar-refractivity contribution >= 4 is 39.8 Å². The first-order valence-electron chi connectivity index (χ1n) is 8.06. The highest BCUT2D eigenvalue weighted by Crippen LogP contribution is 2.40. The van der Waals surface area contributed by atoms with Crippen LogP contribution in [0.15, 0.2) is 66.7 Å². The molecule has 0 bridgehead atoms. The summed E-state index contributed by atoms with van der Waals surface area (Å²) in [7, 11) is 0. The molecule has 2 aromatic heterocycles. The maximum atomic E-state index is 11.5. The van der Waals surface area contributed by atoms with Gasteiger partial charge in [-0.05, 0) is 34.9 Å². The van der Waals surface area contributed by atoms with Crippen molar-refractivity contribution in [2.24, 2.45) is 0 Å². The summed E-state index contributed by atoms with van der Waals surface area (Å²) >= 11 is 7.49. The predicted molar refractivity (Wildman–Crippen MR) is 104 cm³/mol. The summed E-state index contributed by atoms with van der Waals surface area (Å²) in [6, 6.07) is 21.2. The number of thiophene rings is 1. The highest BCUT2D eigenvalue weighted by molar-refractivity contribution is 7.19. The average Bonchev–Trinajstić information content (AvgIpc) is 3.07. The third-order valence-corrected chi connectivity index (χ3v) is 5.42. The highest BCUT2D eigenvalue weighted by atomic mass is 35.5. The lowest BCUT2D eigenvalue weighted by atomic mass is 9.92. The molecular weight excluding hydrogens is 366 g/mol. The topological polar surface area (TPSA) is 53.0 Å². The number of benzene rings is 2. The van der Waals surface area contributed by atoms with Gasteiger partial charge in [-0.1, -0.05) is 60.1 Å². The van der Waals surface area contributed by atoms with Gasteiger partial charge in [0.15, 0.2) is 0 Å². The quantitative estimate of drug-likeness (QED) is 0.522. The van der Waals surface area contributed by atoms with Gasteiger partial charge in [-0.15, -0.1) is 11.3 Å². The zero-order valence-corrected chi connectivity index (χ0v) is 15.2. The molecule has 2 heterocycles. The van der Waals surface area contributed by atoms with E-state index in [1.807, 2.05) is 60.7 Å². The Bertz CT molecular complexity index is 1110. The zero-order chi connectivity index (χ0) is 18.1. The SMILES string of the molecule is O=C([O-])Cc1c(-c2ccc(Cl)s2)nc2ccccc2c1-c1ccccc1. The van der Waals surface area contributed by atoms with E-state index >= 15 is 0 Å². The second-order valence-corrected chi connectivity index (χ2v) is 7.56. The smallest absolute Gasteiger partial charge is 0.0935 e. The van der Waals surface area contributed by atoms with Gasteiger partial charge in [-0.25, -0.2) is 4.98 Å². The molecule has 0 atom stereocenters. The molecule has 4 rings (SSSR count). The van der Waals surface area contributed by atoms with Crippen LogP contribution in [0.1, 0.15) is 5.56 Å². The Labute approximate surface area is 159 Å². The molecule has 0 unspecified atom stereocenters. The van der Waals surface area contributed by atoms with E-state index in [9.17, 15) is 9.90 Å². The molecule has 0 aliphatic carbocycles. The van der Waals surface area contributed by atoms with Gasteiger partial charge in [-0.2, -0.15) is 0 Å². The normalized spacial score (nSPS) is 11.0. The lowest BCUT2D eigenvalue weighted by molar-refractivity contribution is -0.304. The monoisotopic (exact) mass is 378 g/mol. The molecule has 0 amide bonds. The van der Waals surface area contributed by atoms with Crippen molar-refractivity contribution in [1.82, 2.24) is 4.98 Å². The Kier molecular flexibility index (Phi) is 4.45. The van der Waals surface area contributed by atoms with E-state index in [2.05, 4.69) is 0 Å². The van der Waals surface area contributed by atoms with Gasteiger partial charge < -0.3 is 9.90 Å². The van der Waals surface area contributed by atoms with Gasteiger partial charge in [-0.3, -0.25) is 0 Å². The predicted octanol–water partition coefficient (Wildman–Crippen LogP) is 4.58. The molecule has 0 radical (unpaired) electrons. The number of para-hydroxylation sites is 1. The fraction of sp³-hybridized carbons (Fsp3) is 0.0476. The largest absolute Gasteiger partial charge is 0.550 e. The van der Waals surface area contributed by atoms with Crippen LogP contribution < -0.4 is 5.11 Å². The van der Waals surface area contributed by atoms with Crippen LogP contribution in [0.3, 0.4) is 0 Å². The van der Waals surface area contributed by atoms with E-state index < -0.39 is 5.97 Å². The van der Waals surface area contributed by atoms with E-state index in [-0.39, 0.29) is 6.42 Å². The third-order valence-electron chi connectivity index (χ3n) is 4.18. The minimum absolute atomic E-state index is 0.215. The van der Waals surface area contributed by atoms with Crippen LogP contribution >= 0.6 is 22.9 Å². The molecule has 2 aromatic carbocycles. The van der Waals surface area contributed by atoms with Gasteiger partial charge >= 0.3 is 0 Å². The zero-order valence-electron chi connectivity index (χ0n) is 13.6. The number of hydrogen-bond donors (Lipinski definition) is 0. The number of rotatable bonds is 4. The first-order chi connectivity index (χ1) is 12.6. The minimum atomic E-state index is -1.14. The number of carbonyl (C=O) groups excluding carboxylic acids is 1. The lowest BCUT2D eigenvalue weighted by Gasteiger charge is -2.17. The average molecular weight is 379 g/mol. The molecule has 0 aliphatic rings. The summed E-state index contributed by atoms with van der Waals surface area (Å²) in [6.07, 6.45) is -0.215. The summed E-state index contributed by atoms with van der Waals surface area (Å²) in [6.45, 7) is 0. The number of halogens is 1. The summed E-state index contributed by atoms with van der Waals surface area (Å²) < 4.78 is 0.635. The van der Waals surface area contributed by atoms with Crippen molar-refractivity contribution in [2.45, 2.75) is 6.42 Å². The summed E-state index contributed by atoms with van der Waals surface area (Å²) in [5.74, 6) is -1.14. The van der Waals surface area contributed by atoms with E-state index in [1.54, 1.807) is 6.07 Å². The molecule has 0 fully saturated rings. The number of aliphatic carboxylic acids is 1. The molecule has 5 heteroatoms. The van der Waals surface area contributed by atoms with E-state index in [0.717, 1.165) is 26.9 Å². The molecule has 26 heavy (non-hydrogen) atoms. The van der Waals surface area contributed by atoms with Crippen LogP contribution in [0.2, 0.25) is 4.34 Å². The number of hydrogen-bond acceptors (Lipinski definition) is 4. The standard InChI is InChI=1S/C21H14ClNO2S/c22-18-11-10-17(26-18)21-15(12-19(24)25)20(13-6-2-1-3-7-13)14-8-4-5-9-16(14)23-21/h1-11H,12H2,(H,24,25)/p-1. The number of pyridine rings is 1. The number of nitrogens with zero attached hydrogens (tertiary/aromatic N) is 1. The first-order valence-corrected chi connectivity index (χ1v) is 9.25. The Morgan fingerprint density at radius 3 is 2.42 bits per heavy atom. The van der Waals surface area contributed by atoms with E-state index in [0.29, 0.717) is 15.6 Å². The molecule has 4 aromatic rings. The van der Waals surface area contributed by atoms with Gasteiger partial charge in [0.05, 0.1) is 20.4 Å². The summed E-state index contributed by atoms with van der Waals surface area (Å²) in [5, 5.41) is 12.4. The molecular formula is C21H13ClNO2S-. The second kappa shape index (κ2) is 6.90. The van der Waals surface area contributed by atoms with Gasteiger partial charge in [0.1, 0.15) is 0 Å². The van der Waals surface area contributed by atoms with Crippen LogP contribution in [0, 0.1) is 0 Å². The maximum Gasteiger partial charge on any atom is 0.0935 e. The number of carbonyl (C=O) groups is 1. The number of fused-ring (bicyclic) bond motifs is 1. The van der Waals surface area contributed by atoms with Gasteiger partial charge in [0.25, 0.3) is 0 Å². The Hall–Kier alpha value is -2.69. The summed E-state index contributed by atoms with van der Waals surface area (Å²) in [5.41, 5.74) is 3.93.